The van der Waals surface area contributed by atoms with Crippen molar-refractivity contribution < 1.29 is 14.3 Å². The largest absolute Gasteiger partial charge is 0.468 e. The average Bonchev–Trinajstić information content (AvgIpc) is 2.55. The van der Waals surface area contributed by atoms with Crippen molar-refractivity contribution in [3.63, 3.8) is 0 Å². The summed E-state index contributed by atoms with van der Waals surface area (Å²) in [4.78, 5) is 25.8. The molecule has 1 fully saturated rings. The molecule has 1 aliphatic heterocycles. The van der Waals surface area contributed by atoms with E-state index in [9.17, 15) is 9.59 Å². The zero-order chi connectivity index (χ0) is 15.1. The first-order valence-corrected chi connectivity index (χ1v) is 7.31. The SMILES string of the molecule is COC(=O)CN(Cc1ccccc1)C(=O)C1CCCNC1. The van der Waals surface area contributed by atoms with Gasteiger partial charge >= 0.3 is 5.97 Å². The van der Waals surface area contributed by atoms with Gasteiger partial charge < -0.3 is 15.0 Å². The van der Waals surface area contributed by atoms with Crippen molar-refractivity contribution in [2.45, 2.75) is 19.4 Å². The van der Waals surface area contributed by atoms with E-state index in [2.05, 4.69) is 5.32 Å². The van der Waals surface area contributed by atoms with E-state index in [0.29, 0.717) is 13.1 Å². The van der Waals surface area contributed by atoms with Crippen LogP contribution in [0, 0.1) is 5.92 Å². The Kier molecular flexibility index (Phi) is 5.75. The monoisotopic (exact) mass is 290 g/mol. The Morgan fingerprint density at radius 2 is 2.10 bits per heavy atom. The molecular formula is C16H22N2O3. The third-order valence-corrected chi connectivity index (χ3v) is 3.72. The van der Waals surface area contributed by atoms with Crippen molar-refractivity contribution in [2.24, 2.45) is 5.92 Å². The van der Waals surface area contributed by atoms with Crippen LogP contribution in [0.1, 0.15) is 18.4 Å². The summed E-state index contributed by atoms with van der Waals surface area (Å²) in [6.45, 7) is 2.08. The highest BCUT2D eigenvalue weighted by molar-refractivity contribution is 5.83. The predicted octanol–water partition coefficient (Wildman–Crippen LogP) is 1.19. The van der Waals surface area contributed by atoms with Gasteiger partial charge in [0.15, 0.2) is 0 Å². The fourth-order valence-electron chi connectivity index (χ4n) is 2.56. The first-order chi connectivity index (χ1) is 10.2. The van der Waals surface area contributed by atoms with E-state index in [4.69, 9.17) is 4.74 Å². The van der Waals surface area contributed by atoms with Gasteiger partial charge in [0.25, 0.3) is 0 Å². The number of nitrogens with one attached hydrogen (secondary N) is 1. The van der Waals surface area contributed by atoms with Crippen molar-refractivity contribution in [1.82, 2.24) is 10.2 Å². The summed E-state index contributed by atoms with van der Waals surface area (Å²) in [6.07, 6.45) is 1.87. The number of methoxy groups -OCH3 is 1. The van der Waals surface area contributed by atoms with Crippen molar-refractivity contribution >= 4 is 11.9 Å². The molecule has 1 amide bonds. The number of hydrogen-bond acceptors (Lipinski definition) is 4. The predicted molar refractivity (Wildman–Crippen MR) is 79.5 cm³/mol. The quantitative estimate of drug-likeness (QED) is 0.828. The summed E-state index contributed by atoms with van der Waals surface area (Å²) in [7, 11) is 1.34. The van der Waals surface area contributed by atoms with Crippen molar-refractivity contribution in [3.8, 4) is 0 Å². The van der Waals surface area contributed by atoms with E-state index < -0.39 is 0 Å². The number of carbonyl (C=O) groups is 2. The molecule has 1 unspecified atom stereocenters. The van der Waals surface area contributed by atoms with E-state index in [1.165, 1.54) is 7.11 Å². The van der Waals surface area contributed by atoms with Crippen molar-refractivity contribution in [1.29, 1.82) is 0 Å². The minimum absolute atomic E-state index is 0.000722. The number of hydrogen-bond donors (Lipinski definition) is 1. The summed E-state index contributed by atoms with van der Waals surface area (Å²) >= 11 is 0. The molecule has 114 valence electrons. The molecule has 0 aliphatic carbocycles. The molecule has 1 aliphatic rings. The lowest BCUT2D eigenvalue weighted by molar-refractivity contribution is -0.149. The van der Waals surface area contributed by atoms with Crippen LogP contribution in [0.5, 0.6) is 0 Å². The zero-order valence-corrected chi connectivity index (χ0v) is 12.4. The van der Waals surface area contributed by atoms with Gasteiger partial charge in [-0.1, -0.05) is 30.3 Å². The molecule has 0 bridgehead atoms. The Morgan fingerprint density at radius 1 is 1.33 bits per heavy atom. The molecule has 1 aromatic carbocycles. The maximum absolute atomic E-state index is 12.6. The maximum atomic E-state index is 12.6. The highest BCUT2D eigenvalue weighted by Crippen LogP contribution is 2.15. The smallest absolute Gasteiger partial charge is 0.325 e. The van der Waals surface area contributed by atoms with Gasteiger partial charge in [0.1, 0.15) is 6.54 Å². The second kappa shape index (κ2) is 7.78. The highest BCUT2D eigenvalue weighted by atomic mass is 16.5. The van der Waals surface area contributed by atoms with Crippen LogP contribution in [0.15, 0.2) is 30.3 Å². The molecule has 0 spiro atoms. The van der Waals surface area contributed by atoms with Crippen molar-refractivity contribution in [2.75, 3.05) is 26.7 Å². The topological polar surface area (TPSA) is 58.6 Å². The molecule has 5 heteroatoms. The number of piperidine rings is 1. The van der Waals surface area contributed by atoms with Gasteiger partial charge in [0.2, 0.25) is 5.91 Å². The van der Waals surface area contributed by atoms with Crippen LogP contribution in [-0.4, -0.2) is 43.5 Å². The first-order valence-electron chi connectivity index (χ1n) is 7.31. The first kappa shape index (κ1) is 15.5. The molecule has 0 aromatic heterocycles. The number of esters is 1. The Bertz CT molecular complexity index is 470. The summed E-state index contributed by atoms with van der Waals surface area (Å²) in [6, 6.07) is 9.70. The molecule has 0 saturated carbocycles. The maximum Gasteiger partial charge on any atom is 0.325 e. The van der Waals surface area contributed by atoms with Crippen LogP contribution < -0.4 is 5.32 Å². The Morgan fingerprint density at radius 3 is 2.71 bits per heavy atom. The second-order valence-electron chi connectivity index (χ2n) is 5.30. The summed E-state index contributed by atoms with van der Waals surface area (Å²) in [5.74, 6) is -0.411. The average molecular weight is 290 g/mol. The molecule has 5 nitrogen and oxygen atoms in total. The van der Waals surface area contributed by atoms with E-state index in [-0.39, 0.29) is 24.3 Å². The molecule has 1 saturated heterocycles. The normalized spacial score (nSPS) is 18.0. The fourth-order valence-corrected chi connectivity index (χ4v) is 2.56. The van der Waals surface area contributed by atoms with Gasteiger partial charge in [-0.15, -0.1) is 0 Å². The number of nitrogens with zero attached hydrogens (tertiary/aromatic N) is 1. The molecule has 1 N–H and O–H groups in total. The minimum Gasteiger partial charge on any atom is -0.468 e. The summed E-state index contributed by atoms with van der Waals surface area (Å²) in [5.41, 5.74) is 1.01. The van der Waals surface area contributed by atoms with Crippen LogP contribution in [0.3, 0.4) is 0 Å². The van der Waals surface area contributed by atoms with Crippen LogP contribution in [0.25, 0.3) is 0 Å². The summed E-state index contributed by atoms with van der Waals surface area (Å²) in [5, 5.41) is 3.24. The lowest BCUT2D eigenvalue weighted by atomic mass is 9.98. The molecular weight excluding hydrogens is 268 g/mol. The molecule has 2 rings (SSSR count). The minimum atomic E-state index is -0.386. The van der Waals surface area contributed by atoms with Crippen LogP contribution in [0.2, 0.25) is 0 Å². The third kappa shape index (κ3) is 4.56. The zero-order valence-electron chi connectivity index (χ0n) is 12.4. The van der Waals surface area contributed by atoms with Gasteiger partial charge in [-0.25, -0.2) is 0 Å². The van der Waals surface area contributed by atoms with Gasteiger partial charge in [-0.3, -0.25) is 9.59 Å². The third-order valence-electron chi connectivity index (χ3n) is 3.72. The van der Waals surface area contributed by atoms with Crippen molar-refractivity contribution in [3.05, 3.63) is 35.9 Å². The Balaban J connectivity index is 2.07. The standard InChI is InChI=1S/C16H22N2O3/c1-21-15(19)12-18(11-13-6-3-2-4-7-13)16(20)14-8-5-9-17-10-14/h2-4,6-7,14,17H,5,8-12H2,1H3. The lowest BCUT2D eigenvalue weighted by Gasteiger charge is -2.29. The Hall–Kier alpha value is -1.88. The fraction of sp³-hybridized carbons (Fsp3) is 0.500. The van der Waals surface area contributed by atoms with Crippen LogP contribution in [0.4, 0.5) is 0 Å². The van der Waals surface area contributed by atoms with E-state index in [0.717, 1.165) is 24.9 Å². The molecule has 1 atom stereocenters. The molecule has 0 radical (unpaired) electrons. The number of amides is 1. The van der Waals surface area contributed by atoms with Gasteiger partial charge in [0, 0.05) is 13.1 Å². The number of ether oxygens (including phenoxy) is 1. The van der Waals surface area contributed by atoms with Crippen LogP contribution >= 0.6 is 0 Å². The molecule has 1 heterocycles. The van der Waals surface area contributed by atoms with E-state index >= 15 is 0 Å². The van der Waals surface area contributed by atoms with E-state index in [1.807, 2.05) is 30.3 Å². The number of rotatable bonds is 5. The van der Waals surface area contributed by atoms with Gasteiger partial charge in [-0.2, -0.15) is 0 Å². The van der Waals surface area contributed by atoms with E-state index in [1.54, 1.807) is 4.90 Å². The summed E-state index contributed by atoms with van der Waals surface area (Å²) < 4.78 is 4.71. The number of benzene rings is 1. The molecule has 21 heavy (non-hydrogen) atoms. The number of carbonyl (C=O) groups excluding carboxylic acids is 2. The molecule has 1 aromatic rings. The van der Waals surface area contributed by atoms with Crippen LogP contribution in [-0.2, 0) is 20.9 Å². The lowest BCUT2D eigenvalue weighted by Crippen LogP contribution is -2.44. The second-order valence-corrected chi connectivity index (χ2v) is 5.30. The van der Waals surface area contributed by atoms with Gasteiger partial charge in [-0.05, 0) is 24.9 Å². The highest BCUT2D eigenvalue weighted by Gasteiger charge is 2.27. The van der Waals surface area contributed by atoms with Gasteiger partial charge in [0.05, 0.1) is 13.0 Å². The Labute approximate surface area is 125 Å².